The number of piperidine rings is 1. The quantitative estimate of drug-likeness (QED) is 0.545. The maximum atomic E-state index is 12.8. The van der Waals surface area contributed by atoms with Gasteiger partial charge in [-0.25, -0.2) is 8.42 Å². The fraction of sp³-hybridized carbons (Fsp3) is 0.588. The second-order valence-electron chi connectivity index (χ2n) is 7.17. The molecule has 2 aliphatic rings. The van der Waals surface area contributed by atoms with Gasteiger partial charge < -0.3 is 9.80 Å². The van der Waals surface area contributed by atoms with Gasteiger partial charge in [0.2, 0.25) is 10.0 Å². The lowest BCUT2D eigenvalue weighted by atomic mass is 10.1. The highest BCUT2D eigenvalue weighted by molar-refractivity contribution is 7.89. The predicted molar refractivity (Wildman–Crippen MR) is 97.7 cm³/mol. The van der Waals surface area contributed by atoms with Crippen LogP contribution in [0.5, 0.6) is 0 Å². The van der Waals surface area contributed by atoms with Gasteiger partial charge in [-0.2, -0.15) is 4.31 Å². The number of rotatable bonds is 5. The Balaban J connectivity index is 1.69. The van der Waals surface area contributed by atoms with Crippen LogP contribution in [-0.2, 0) is 14.8 Å². The third-order valence-corrected chi connectivity index (χ3v) is 7.10. The first-order valence-corrected chi connectivity index (χ1v) is 10.6. The Morgan fingerprint density at radius 1 is 1.22 bits per heavy atom. The lowest BCUT2D eigenvalue weighted by Crippen LogP contribution is -3.13. The number of nitro groups is 1. The van der Waals surface area contributed by atoms with Gasteiger partial charge in [0.05, 0.1) is 29.6 Å². The number of likely N-dealkylation sites (tertiary alicyclic amines) is 1. The molecule has 3 rings (SSSR count). The molecule has 1 N–H and O–H groups in total. The van der Waals surface area contributed by atoms with Crippen LogP contribution in [0.1, 0.15) is 24.8 Å². The average Bonchev–Trinajstić information content (AvgIpc) is 3.13. The number of carbonyl (C=O) groups excluding carboxylic acids is 1. The molecule has 0 radical (unpaired) electrons. The highest BCUT2D eigenvalue weighted by atomic mass is 32.2. The predicted octanol–water partition coefficient (Wildman–Crippen LogP) is -0.238. The minimum absolute atomic E-state index is 0.00385. The molecule has 0 bridgehead atoms. The van der Waals surface area contributed by atoms with E-state index in [1.807, 2.05) is 0 Å². The molecule has 27 heavy (non-hydrogen) atoms. The van der Waals surface area contributed by atoms with E-state index in [1.165, 1.54) is 27.8 Å². The van der Waals surface area contributed by atoms with E-state index in [2.05, 4.69) is 0 Å². The van der Waals surface area contributed by atoms with E-state index in [0.29, 0.717) is 18.7 Å². The molecule has 2 heterocycles. The molecule has 1 aromatic rings. The fourth-order valence-corrected chi connectivity index (χ4v) is 5.03. The summed E-state index contributed by atoms with van der Waals surface area (Å²) in [5, 5.41) is 11.1. The molecular weight excluding hydrogens is 372 g/mol. The van der Waals surface area contributed by atoms with E-state index < -0.39 is 14.9 Å². The van der Waals surface area contributed by atoms with Crippen molar-refractivity contribution in [1.82, 2.24) is 9.21 Å². The van der Waals surface area contributed by atoms with E-state index in [4.69, 9.17) is 0 Å². The largest absolute Gasteiger partial charge is 0.327 e. The second-order valence-corrected chi connectivity index (χ2v) is 9.11. The molecule has 9 nitrogen and oxygen atoms in total. The van der Waals surface area contributed by atoms with Gasteiger partial charge in [-0.1, -0.05) is 6.07 Å². The number of quaternary nitrogens is 1. The number of aryl methyl sites for hydroxylation is 1. The topological polar surface area (TPSA) is 105 Å². The molecule has 0 aliphatic carbocycles. The highest BCUT2D eigenvalue weighted by Gasteiger charge is 2.35. The summed E-state index contributed by atoms with van der Waals surface area (Å²) in [5.74, 6) is -0.0421. The number of nitrogens with zero attached hydrogens (tertiary/aromatic N) is 3. The number of sulfonamides is 1. The van der Waals surface area contributed by atoms with Crippen molar-refractivity contribution in [3.63, 3.8) is 0 Å². The molecule has 0 aromatic heterocycles. The number of carbonyl (C=O) groups is 1. The molecule has 1 aromatic carbocycles. The first-order valence-electron chi connectivity index (χ1n) is 9.15. The summed E-state index contributed by atoms with van der Waals surface area (Å²) in [4.78, 5) is 25.7. The standard InChI is InChI=1S/C17H24N4O5S/c1-14-5-6-15(11-16(14)21(23)24)27(25,26)20-10-9-19(13-20)17(22)12-18-7-3-2-4-8-18/h5-6,11H,2-4,7-10,12-13H2,1H3/p+1. The maximum Gasteiger partial charge on any atom is 0.278 e. The van der Waals surface area contributed by atoms with Crippen LogP contribution in [0.3, 0.4) is 0 Å². The third kappa shape index (κ3) is 4.28. The first-order chi connectivity index (χ1) is 12.8. The first kappa shape index (κ1) is 19.7. The summed E-state index contributed by atoms with van der Waals surface area (Å²) < 4.78 is 26.9. The maximum absolute atomic E-state index is 12.8. The Bertz CT molecular complexity index is 836. The van der Waals surface area contributed by atoms with Crippen LogP contribution >= 0.6 is 0 Å². The fourth-order valence-electron chi connectivity index (χ4n) is 3.61. The average molecular weight is 397 g/mol. The van der Waals surface area contributed by atoms with Gasteiger partial charge in [0.25, 0.3) is 11.6 Å². The third-order valence-electron chi connectivity index (χ3n) is 5.28. The van der Waals surface area contributed by atoms with Crippen molar-refractivity contribution < 1.29 is 23.0 Å². The molecule has 0 atom stereocenters. The van der Waals surface area contributed by atoms with E-state index in [-0.39, 0.29) is 29.7 Å². The number of nitrogens with one attached hydrogen (secondary N) is 1. The normalized spacial score (nSPS) is 19.4. The van der Waals surface area contributed by atoms with E-state index >= 15 is 0 Å². The van der Waals surface area contributed by atoms with E-state index in [9.17, 15) is 23.3 Å². The van der Waals surface area contributed by atoms with Crippen LogP contribution in [-0.4, -0.2) is 67.8 Å². The zero-order chi connectivity index (χ0) is 19.6. The van der Waals surface area contributed by atoms with Gasteiger partial charge in [-0.3, -0.25) is 14.9 Å². The molecule has 1 amide bonds. The van der Waals surface area contributed by atoms with E-state index in [1.54, 1.807) is 11.8 Å². The van der Waals surface area contributed by atoms with Crippen LogP contribution < -0.4 is 4.90 Å². The van der Waals surface area contributed by atoms with Crippen molar-refractivity contribution in [3.8, 4) is 0 Å². The molecule has 0 saturated carbocycles. The molecule has 2 fully saturated rings. The van der Waals surface area contributed by atoms with Crippen molar-refractivity contribution in [1.29, 1.82) is 0 Å². The van der Waals surface area contributed by atoms with Crippen LogP contribution in [0.25, 0.3) is 0 Å². The summed E-state index contributed by atoms with van der Waals surface area (Å²) in [6.45, 7) is 4.46. The Morgan fingerprint density at radius 3 is 2.59 bits per heavy atom. The van der Waals surface area contributed by atoms with Gasteiger partial charge in [0.15, 0.2) is 6.54 Å². The molecule has 0 spiro atoms. The van der Waals surface area contributed by atoms with Gasteiger partial charge in [0.1, 0.15) is 0 Å². The van der Waals surface area contributed by atoms with Crippen molar-refractivity contribution in [2.24, 2.45) is 0 Å². The van der Waals surface area contributed by atoms with Crippen LogP contribution in [0.15, 0.2) is 23.1 Å². The second kappa shape index (κ2) is 7.91. The van der Waals surface area contributed by atoms with Gasteiger partial charge in [-0.15, -0.1) is 0 Å². The molecule has 10 heteroatoms. The Kier molecular flexibility index (Phi) is 5.78. The Labute approximate surface area is 158 Å². The number of benzene rings is 1. The van der Waals surface area contributed by atoms with Crippen LogP contribution in [0.4, 0.5) is 5.69 Å². The van der Waals surface area contributed by atoms with Gasteiger partial charge in [0, 0.05) is 24.7 Å². The Morgan fingerprint density at radius 2 is 1.93 bits per heavy atom. The van der Waals surface area contributed by atoms with Crippen LogP contribution in [0.2, 0.25) is 0 Å². The summed E-state index contributed by atoms with van der Waals surface area (Å²) >= 11 is 0. The van der Waals surface area contributed by atoms with Gasteiger partial charge >= 0.3 is 0 Å². The van der Waals surface area contributed by atoms with Crippen molar-refractivity contribution in [2.45, 2.75) is 31.1 Å². The zero-order valence-electron chi connectivity index (χ0n) is 15.4. The molecule has 2 aliphatic heterocycles. The monoisotopic (exact) mass is 397 g/mol. The molecule has 0 unspecified atom stereocenters. The number of hydrogen-bond acceptors (Lipinski definition) is 5. The Hall–Kier alpha value is -2.04. The zero-order valence-corrected chi connectivity index (χ0v) is 16.2. The van der Waals surface area contributed by atoms with Crippen LogP contribution in [0, 0.1) is 17.0 Å². The number of nitro benzene ring substituents is 1. The summed E-state index contributed by atoms with van der Waals surface area (Å²) in [5.41, 5.74) is 0.179. The lowest BCUT2D eigenvalue weighted by Gasteiger charge is -2.25. The summed E-state index contributed by atoms with van der Waals surface area (Å²) in [6, 6.07) is 3.90. The number of amides is 1. The SMILES string of the molecule is Cc1ccc(S(=O)(=O)N2CCN(C(=O)C[NH+]3CCCCC3)C2)cc1[N+](=O)[O-]. The van der Waals surface area contributed by atoms with E-state index in [0.717, 1.165) is 32.0 Å². The summed E-state index contributed by atoms with van der Waals surface area (Å²) in [6.07, 6.45) is 3.45. The molecule has 2 saturated heterocycles. The minimum atomic E-state index is -3.88. The smallest absolute Gasteiger partial charge is 0.278 e. The van der Waals surface area contributed by atoms with Crippen molar-refractivity contribution in [2.75, 3.05) is 39.4 Å². The summed E-state index contributed by atoms with van der Waals surface area (Å²) in [7, 11) is -3.88. The molecular formula is C17H25N4O5S+. The highest BCUT2D eigenvalue weighted by Crippen LogP contribution is 2.25. The van der Waals surface area contributed by atoms with Gasteiger partial charge in [-0.05, 0) is 32.3 Å². The minimum Gasteiger partial charge on any atom is -0.327 e. The van der Waals surface area contributed by atoms with Crippen molar-refractivity contribution >= 4 is 21.6 Å². The molecule has 148 valence electrons. The van der Waals surface area contributed by atoms with Crippen molar-refractivity contribution in [3.05, 3.63) is 33.9 Å². The lowest BCUT2D eigenvalue weighted by molar-refractivity contribution is -0.897. The number of hydrogen-bond donors (Lipinski definition) is 1.